The SMILES string of the molecule is O=CCCc1[nH]c2ccc(Cl)cc2c1CC(=O)O. The third-order valence-electron chi connectivity index (χ3n) is 2.80. The highest BCUT2D eigenvalue weighted by Gasteiger charge is 2.14. The molecule has 0 amide bonds. The Morgan fingerprint density at radius 1 is 1.44 bits per heavy atom. The van der Waals surface area contributed by atoms with E-state index in [9.17, 15) is 9.59 Å². The molecule has 0 unspecified atom stereocenters. The maximum absolute atomic E-state index is 10.9. The molecule has 0 fully saturated rings. The first-order valence-electron chi connectivity index (χ1n) is 5.56. The predicted molar refractivity (Wildman–Crippen MR) is 69.0 cm³/mol. The van der Waals surface area contributed by atoms with E-state index in [4.69, 9.17) is 16.7 Å². The Labute approximate surface area is 109 Å². The largest absolute Gasteiger partial charge is 0.481 e. The topological polar surface area (TPSA) is 70.2 Å². The fourth-order valence-corrected chi connectivity index (χ4v) is 2.22. The lowest BCUT2D eigenvalue weighted by Crippen LogP contribution is -2.02. The molecule has 2 aromatic rings. The zero-order valence-corrected chi connectivity index (χ0v) is 10.3. The first-order chi connectivity index (χ1) is 8.61. The highest BCUT2D eigenvalue weighted by molar-refractivity contribution is 6.31. The maximum atomic E-state index is 10.9. The number of H-pyrrole nitrogens is 1. The average Bonchev–Trinajstić information content (AvgIpc) is 2.64. The van der Waals surface area contributed by atoms with E-state index < -0.39 is 5.97 Å². The van der Waals surface area contributed by atoms with Crippen molar-refractivity contribution in [3.05, 3.63) is 34.5 Å². The van der Waals surface area contributed by atoms with Crippen LogP contribution in [-0.2, 0) is 22.4 Å². The molecule has 5 heteroatoms. The summed E-state index contributed by atoms with van der Waals surface area (Å²) in [6.45, 7) is 0. The van der Waals surface area contributed by atoms with Gasteiger partial charge in [0.05, 0.1) is 6.42 Å². The molecule has 0 spiro atoms. The van der Waals surface area contributed by atoms with Crippen molar-refractivity contribution in [1.29, 1.82) is 0 Å². The van der Waals surface area contributed by atoms with Crippen molar-refractivity contribution in [2.75, 3.05) is 0 Å². The number of halogens is 1. The second kappa shape index (κ2) is 5.23. The molecular formula is C13H12ClNO3. The number of carbonyl (C=O) groups excluding carboxylic acids is 1. The van der Waals surface area contributed by atoms with Crippen molar-refractivity contribution in [2.45, 2.75) is 19.3 Å². The minimum atomic E-state index is -0.900. The molecule has 0 aliphatic carbocycles. The fraction of sp³-hybridized carbons (Fsp3) is 0.231. The summed E-state index contributed by atoms with van der Waals surface area (Å²) in [6, 6.07) is 5.30. The van der Waals surface area contributed by atoms with Gasteiger partial charge in [0.1, 0.15) is 6.29 Å². The van der Waals surface area contributed by atoms with Crippen molar-refractivity contribution >= 4 is 34.8 Å². The first-order valence-corrected chi connectivity index (χ1v) is 5.94. The van der Waals surface area contributed by atoms with Crippen molar-refractivity contribution in [3.63, 3.8) is 0 Å². The smallest absolute Gasteiger partial charge is 0.307 e. The number of aldehydes is 1. The first kappa shape index (κ1) is 12.6. The van der Waals surface area contributed by atoms with Crippen molar-refractivity contribution in [2.24, 2.45) is 0 Å². The normalized spacial score (nSPS) is 10.7. The second-order valence-electron chi connectivity index (χ2n) is 4.05. The zero-order chi connectivity index (χ0) is 13.1. The van der Waals surface area contributed by atoms with Gasteiger partial charge >= 0.3 is 5.97 Å². The van der Waals surface area contributed by atoms with Gasteiger partial charge in [-0.2, -0.15) is 0 Å². The van der Waals surface area contributed by atoms with E-state index in [1.54, 1.807) is 12.1 Å². The Kier molecular flexibility index (Phi) is 3.67. The van der Waals surface area contributed by atoms with E-state index in [0.29, 0.717) is 23.4 Å². The van der Waals surface area contributed by atoms with Crippen LogP contribution in [0.15, 0.2) is 18.2 Å². The Morgan fingerprint density at radius 2 is 2.22 bits per heavy atom. The Bertz CT molecular complexity index is 604. The number of carbonyl (C=O) groups is 2. The molecule has 0 aliphatic heterocycles. The number of rotatable bonds is 5. The summed E-state index contributed by atoms with van der Waals surface area (Å²) in [5.41, 5.74) is 2.35. The van der Waals surface area contributed by atoms with Gasteiger partial charge in [-0.05, 0) is 30.2 Å². The van der Waals surface area contributed by atoms with E-state index in [0.717, 1.165) is 22.9 Å². The van der Waals surface area contributed by atoms with Crippen LogP contribution in [-0.4, -0.2) is 22.3 Å². The van der Waals surface area contributed by atoms with Gasteiger partial charge in [0.2, 0.25) is 0 Å². The van der Waals surface area contributed by atoms with Crippen LogP contribution in [0.2, 0.25) is 5.02 Å². The summed E-state index contributed by atoms with van der Waals surface area (Å²) in [5, 5.41) is 10.3. The molecule has 0 atom stereocenters. The molecule has 94 valence electrons. The minimum Gasteiger partial charge on any atom is -0.481 e. The Hall–Kier alpha value is -1.81. The van der Waals surface area contributed by atoms with E-state index in [-0.39, 0.29) is 6.42 Å². The van der Waals surface area contributed by atoms with Gasteiger partial charge in [-0.3, -0.25) is 4.79 Å². The quantitative estimate of drug-likeness (QED) is 0.817. The van der Waals surface area contributed by atoms with Crippen LogP contribution < -0.4 is 0 Å². The highest BCUT2D eigenvalue weighted by atomic mass is 35.5. The number of hydrogen-bond donors (Lipinski definition) is 2. The van der Waals surface area contributed by atoms with Gasteiger partial charge in [0, 0.05) is 28.0 Å². The van der Waals surface area contributed by atoms with E-state index in [1.165, 1.54) is 0 Å². The molecule has 0 saturated carbocycles. The number of carboxylic acids is 1. The van der Waals surface area contributed by atoms with Crippen LogP contribution >= 0.6 is 11.6 Å². The molecule has 2 rings (SSSR count). The molecular weight excluding hydrogens is 254 g/mol. The maximum Gasteiger partial charge on any atom is 0.307 e. The van der Waals surface area contributed by atoms with Gasteiger partial charge in [0.25, 0.3) is 0 Å². The summed E-state index contributed by atoms with van der Waals surface area (Å²) in [7, 11) is 0. The lowest BCUT2D eigenvalue weighted by Gasteiger charge is -2.00. The number of hydrogen-bond acceptors (Lipinski definition) is 2. The lowest BCUT2D eigenvalue weighted by molar-refractivity contribution is -0.136. The predicted octanol–water partition coefficient (Wildman–Crippen LogP) is 2.58. The second-order valence-corrected chi connectivity index (χ2v) is 4.48. The molecule has 1 aromatic heterocycles. The molecule has 0 aliphatic rings. The summed E-state index contributed by atoms with van der Waals surface area (Å²) >= 11 is 5.92. The summed E-state index contributed by atoms with van der Waals surface area (Å²) in [4.78, 5) is 24.5. The van der Waals surface area contributed by atoms with E-state index in [1.807, 2.05) is 6.07 Å². The Morgan fingerprint density at radius 3 is 2.89 bits per heavy atom. The molecule has 0 radical (unpaired) electrons. The summed E-state index contributed by atoms with van der Waals surface area (Å²) in [5.74, 6) is -0.900. The third kappa shape index (κ3) is 2.54. The lowest BCUT2D eigenvalue weighted by atomic mass is 10.1. The van der Waals surface area contributed by atoms with Gasteiger partial charge in [-0.1, -0.05) is 11.6 Å². The zero-order valence-electron chi connectivity index (χ0n) is 9.57. The van der Waals surface area contributed by atoms with Crippen LogP contribution in [0.1, 0.15) is 17.7 Å². The average molecular weight is 266 g/mol. The molecule has 18 heavy (non-hydrogen) atoms. The number of nitrogens with one attached hydrogen (secondary N) is 1. The molecule has 0 bridgehead atoms. The van der Waals surface area contributed by atoms with Crippen LogP contribution in [0, 0.1) is 0 Å². The Balaban J connectivity index is 2.53. The minimum absolute atomic E-state index is 0.0749. The molecule has 1 heterocycles. The number of fused-ring (bicyclic) bond motifs is 1. The number of carboxylic acid groups (broad SMARTS) is 1. The van der Waals surface area contributed by atoms with Crippen molar-refractivity contribution < 1.29 is 14.7 Å². The number of benzene rings is 1. The number of aromatic amines is 1. The third-order valence-corrected chi connectivity index (χ3v) is 3.03. The highest BCUT2D eigenvalue weighted by Crippen LogP contribution is 2.26. The fourth-order valence-electron chi connectivity index (χ4n) is 2.05. The monoisotopic (exact) mass is 265 g/mol. The molecule has 1 aromatic carbocycles. The molecule has 4 nitrogen and oxygen atoms in total. The van der Waals surface area contributed by atoms with Gasteiger partial charge in [-0.15, -0.1) is 0 Å². The molecule has 2 N–H and O–H groups in total. The van der Waals surface area contributed by atoms with Gasteiger partial charge < -0.3 is 14.9 Å². The summed E-state index contributed by atoms with van der Waals surface area (Å²) < 4.78 is 0. The van der Waals surface area contributed by atoms with Crippen molar-refractivity contribution in [1.82, 2.24) is 4.98 Å². The van der Waals surface area contributed by atoms with E-state index >= 15 is 0 Å². The van der Waals surface area contributed by atoms with Crippen LogP contribution in [0.3, 0.4) is 0 Å². The van der Waals surface area contributed by atoms with E-state index in [2.05, 4.69) is 4.98 Å². The van der Waals surface area contributed by atoms with Crippen molar-refractivity contribution in [3.8, 4) is 0 Å². The number of aliphatic carboxylic acids is 1. The van der Waals surface area contributed by atoms with Gasteiger partial charge in [-0.25, -0.2) is 0 Å². The van der Waals surface area contributed by atoms with Crippen LogP contribution in [0.4, 0.5) is 0 Å². The van der Waals surface area contributed by atoms with Gasteiger partial charge in [0.15, 0.2) is 0 Å². The molecule has 0 saturated heterocycles. The number of aryl methyl sites for hydroxylation is 1. The summed E-state index contributed by atoms with van der Waals surface area (Å²) in [6.07, 6.45) is 1.63. The number of aromatic nitrogens is 1. The van der Waals surface area contributed by atoms with Crippen LogP contribution in [0.25, 0.3) is 10.9 Å². The van der Waals surface area contributed by atoms with Crippen LogP contribution in [0.5, 0.6) is 0 Å². The standard InChI is InChI=1S/C13H12ClNO3/c14-8-3-4-12-9(6-8)10(7-13(17)18)11(15-12)2-1-5-16/h3-6,15H,1-2,7H2,(H,17,18).